The molecule has 0 aliphatic rings. The Morgan fingerprint density at radius 2 is 2.22 bits per heavy atom. The van der Waals surface area contributed by atoms with Crippen molar-refractivity contribution < 1.29 is 13.7 Å². The quantitative estimate of drug-likeness (QED) is 0.834. The van der Waals surface area contributed by atoms with Gasteiger partial charge in [0, 0.05) is 12.0 Å². The predicted octanol–water partition coefficient (Wildman–Crippen LogP) is 2.71. The molecule has 0 N–H and O–H groups in total. The minimum absolute atomic E-state index is 0.0421. The number of hydrogen-bond acceptors (Lipinski definition) is 4. The fourth-order valence-corrected chi connectivity index (χ4v) is 1.52. The first-order valence-electron chi connectivity index (χ1n) is 5.71. The summed E-state index contributed by atoms with van der Waals surface area (Å²) in [6.07, 6.45) is 0.580. The third-order valence-corrected chi connectivity index (χ3v) is 2.63. The van der Waals surface area contributed by atoms with E-state index in [2.05, 4.69) is 10.1 Å². The van der Waals surface area contributed by atoms with Crippen LogP contribution in [0.1, 0.15) is 24.8 Å². The highest BCUT2D eigenvalue weighted by Crippen LogP contribution is 2.19. The zero-order chi connectivity index (χ0) is 13.1. The number of carbonyl (C=O) groups is 1. The van der Waals surface area contributed by atoms with E-state index in [-0.39, 0.29) is 18.0 Å². The molecular formula is C13H13FN2O2. The van der Waals surface area contributed by atoms with Gasteiger partial charge in [-0.3, -0.25) is 4.79 Å². The molecule has 1 heterocycles. The van der Waals surface area contributed by atoms with Crippen LogP contribution in [0, 0.1) is 12.7 Å². The molecule has 0 aliphatic carbocycles. The summed E-state index contributed by atoms with van der Waals surface area (Å²) < 4.78 is 18.1. The van der Waals surface area contributed by atoms with Gasteiger partial charge in [-0.25, -0.2) is 4.39 Å². The average Bonchev–Trinajstić information content (AvgIpc) is 2.81. The van der Waals surface area contributed by atoms with Gasteiger partial charge in [-0.1, -0.05) is 12.1 Å². The number of halogens is 1. The molecule has 0 unspecified atom stereocenters. The van der Waals surface area contributed by atoms with Gasteiger partial charge in [0.05, 0.1) is 6.42 Å². The van der Waals surface area contributed by atoms with Crippen LogP contribution in [-0.2, 0) is 11.2 Å². The lowest BCUT2D eigenvalue weighted by atomic mass is 10.1. The number of aromatic nitrogens is 2. The Kier molecular flexibility index (Phi) is 3.50. The molecule has 4 nitrogen and oxygen atoms in total. The van der Waals surface area contributed by atoms with Gasteiger partial charge in [0.25, 0.3) is 0 Å². The first kappa shape index (κ1) is 12.4. The van der Waals surface area contributed by atoms with E-state index in [0.717, 1.165) is 0 Å². The van der Waals surface area contributed by atoms with Crippen LogP contribution in [0.4, 0.5) is 4.39 Å². The summed E-state index contributed by atoms with van der Waals surface area (Å²) in [6.45, 7) is 3.45. The van der Waals surface area contributed by atoms with Crippen molar-refractivity contribution in [2.75, 3.05) is 0 Å². The number of nitrogens with zero attached hydrogens (tertiary/aromatic N) is 2. The van der Waals surface area contributed by atoms with Crippen molar-refractivity contribution in [3.05, 3.63) is 35.5 Å². The number of Topliss-reactive ketones (excluding diaryl/α,β-unsaturated/α-hetero) is 1. The molecule has 18 heavy (non-hydrogen) atoms. The largest absolute Gasteiger partial charge is 0.339 e. The lowest BCUT2D eigenvalue weighted by molar-refractivity contribution is -0.118. The van der Waals surface area contributed by atoms with Gasteiger partial charge in [0.2, 0.25) is 11.7 Å². The highest BCUT2D eigenvalue weighted by atomic mass is 19.1. The lowest BCUT2D eigenvalue weighted by Gasteiger charge is -1.97. The summed E-state index contributed by atoms with van der Waals surface area (Å²) in [4.78, 5) is 15.4. The fraction of sp³-hybridized carbons (Fsp3) is 0.308. The van der Waals surface area contributed by atoms with E-state index in [1.807, 2.05) is 0 Å². The topological polar surface area (TPSA) is 56.0 Å². The second kappa shape index (κ2) is 5.08. The number of carbonyl (C=O) groups excluding carboxylic acids is 1. The fourth-order valence-electron chi connectivity index (χ4n) is 1.52. The molecule has 0 saturated heterocycles. The van der Waals surface area contributed by atoms with Crippen molar-refractivity contribution in [1.29, 1.82) is 0 Å². The molecule has 0 fully saturated rings. The van der Waals surface area contributed by atoms with Gasteiger partial charge in [-0.15, -0.1) is 0 Å². The normalized spacial score (nSPS) is 10.6. The molecule has 94 valence electrons. The standard InChI is InChI=1S/C13H13FN2O2/c1-3-10(17)7-12-15-13(16-18-12)9-4-5-11(14)8(2)6-9/h4-6H,3,7H2,1-2H3. The molecule has 0 amide bonds. The minimum atomic E-state index is -0.274. The highest BCUT2D eigenvalue weighted by molar-refractivity contribution is 5.79. The van der Waals surface area contributed by atoms with Crippen LogP contribution in [0.25, 0.3) is 11.4 Å². The Morgan fingerprint density at radius 1 is 1.44 bits per heavy atom. The number of hydrogen-bond donors (Lipinski definition) is 0. The first-order chi connectivity index (χ1) is 8.60. The number of aryl methyl sites for hydroxylation is 1. The minimum Gasteiger partial charge on any atom is -0.339 e. The van der Waals surface area contributed by atoms with E-state index >= 15 is 0 Å². The molecular weight excluding hydrogens is 235 g/mol. The summed E-state index contributed by atoms with van der Waals surface area (Å²) in [5.74, 6) is 0.431. The molecule has 0 radical (unpaired) electrons. The molecule has 2 aromatic rings. The summed E-state index contributed by atoms with van der Waals surface area (Å²) in [6, 6.07) is 4.59. The molecule has 1 aromatic heterocycles. The molecule has 0 atom stereocenters. The van der Waals surface area contributed by atoms with Gasteiger partial charge < -0.3 is 4.52 Å². The molecule has 0 saturated carbocycles. The predicted molar refractivity (Wildman–Crippen MR) is 63.4 cm³/mol. The van der Waals surface area contributed by atoms with Crippen molar-refractivity contribution in [3.8, 4) is 11.4 Å². The van der Waals surface area contributed by atoms with Crippen LogP contribution < -0.4 is 0 Å². The Balaban J connectivity index is 2.23. The summed E-state index contributed by atoms with van der Waals surface area (Å²) in [5, 5.41) is 3.78. The third kappa shape index (κ3) is 2.61. The SMILES string of the molecule is CCC(=O)Cc1nc(-c2ccc(F)c(C)c2)no1. The maximum atomic E-state index is 13.1. The van der Waals surface area contributed by atoms with Gasteiger partial charge >= 0.3 is 0 Å². The monoisotopic (exact) mass is 248 g/mol. The van der Waals surface area contributed by atoms with Crippen molar-refractivity contribution >= 4 is 5.78 Å². The highest BCUT2D eigenvalue weighted by Gasteiger charge is 2.12. The van der Waals surface area contributed by atoms with Crippen LogP contribution >= 0.6 is 0 Å². The smallest absolute Gasteiger partial charge is 0.234 e. The molecule has 0 aliphatic heterocycles. The van der Waals surface area contributed by atoms with Crippen molar-refractivity contribution in [2.24, 2.45) is 0 Å². The Labute approximate surface area is 104 Å². The Morgan fingerprint density at radius 3 is 2.89 bits per heavy atom. The Hall–Kier alpha value is -2.04. The van der Waals surface area contributed by atoms with Crippen molar-refractivity contribution in [1.82, 2.24) is 10.1 Å². The van der Waals surface area contributed by atoms with Crippen LogP contribution in [0.3, 0.4) is 0 Å². The zero-order valence-electron chi connectivity index (χ0n) is 10.2. The van der Waals surface area contributed by atoms with Crippen LogP contribution in [0.5, 0.6) is 0 Å². The maximum Gasteiger partial charge on any atom is 0.234 e. The number of rotatable bonds is 4. The second-order valence-electron chi connectivity index (χ2n) is 4.04. The summed E-state index contributed by atoms with van der Waals surface area (Å²) >= 11 is 0. The van der Waals surface area contributed by atoms with E-state index in [1.165, 1.54) is 6.07 Å². The van der Waals surface area contributed by atoms with Gasteiger partial charge in [0.1, 0.15) is 11.6 Å². The van der Waals surface area contributed by atoms with Gasteiger partial charge in [-0.2, -0.15) is 4.98 Å². The molecule has 0 spiro atoms. The lowest BCUT2D eigenvalue weighted by Crippen LogP contribution is -2.00. The number of benzene rings is 1. The third-order valence-electron chi connectivity index (χ3n) is 2.63. The molecule has 5 heteroatoms. The van der Waals surface area contributed by atoms with Gasteiger partial charge in [-0.05, 0) is 30.7 Å². The van der Waals surface area contributed by atoms with Crippen molar-refractivity contribution in [2.45, 2.75) is 26.7 Å². The van der Waals surface area contributed by atoms with Crippen LogP contribution in [-0.4, -0.2) is 15.9 Å². The molecule has 0 bridgehead atoms. The van der Waals surface area contributed by atoms with E-state index < -0.39 is 0 Å². The maximum absolute atomic E-state index is 13.1. The Bertz CT molecular complexity index is 578. The average molecular weight is 248 g/mol. The second-order valence-corrected chi connectivity index (χ2v) is 4.04. The van der Waals surface area contributed by atoms with Crippen molar-refractivity contribution in [3.63, 3.8) is 0 Å². The van der Waals surface area contributed by atoms with E-state index in [0.29, 0.717) is 29.3 Å². The zero-order valence-corrected chi connectivity index (χ0v) is 10.2. The summed E-state index contributed by atoms with van der Waals surface area (Å²) in [5.41, 5.74) is 1.19. The van der Waals surface area contributed by atoms with E-state index in [1.54, 1.807) is 26.0 Å². The van der Waals surface area contributed by atoms with Crippen LogP contribution in [0.15, 0.2) is 22.7 Å². The molecule has 2 rings (SSSR count). The van der Waals surface area contributed by atoms with E-state index in [4.69, 9.17) is 4.52 Å². The van der Waals surface area contributed by atoms with Crippen LogP contribution in [0.2, 0.25) is 0 Å². The number of ketones is 1. The summed E-state index contributed by atoms with van der Waals surface area (Å²) in [7, 11) is 0. The van der Waals surface area contributed by atoms with Gasteiger partial charge in [0.15, 0.2) is 0 Å². The van der Waals surface area contributed by atoms with E-state index in [9.17, 15) is 9.18 Å². The first-order valence-corrected chi connectivity index (χ1v) is 5.71. The molecule has 1 aromatic carbocycles.